The first-order chi connectivity index (χ1) is 21.4. The van der Waals surface area contributed by atoms with Crippen molar-refractivity contribution in [3.8, 4) is 0 Å². The van der Waals surface area contributed by atoms with Crippen LogP contribution in [-0.2, 0) is 4.79 Å². The first-order valence-electron chi connectivity index (χ1n) is 18.3. The van der Waals surface area contributed by atoms with E-state index in [-0.39, 0.29) is 46.1 Å². The summed E-state index contributed by atoms with van der Waals surface area (Å²) in [5, 5.41) is 62.4. The number of hydrogen-bond donors (Lipinski definition) is 6. The van der Waals surface area contributed by atoms with Crippen molar-refractivity contribution in [3.05, 3.63) is 23.3 Å². The van der Waals surface area contributed by atoms with Crippen molar-refractivity contribution in [2.75, 3.05) is 6.54 Å². The molecule has 0 spiro atoms. The molecule has 6 aliphatic rings. The Bertz CT molecular complexity index is 1380. The molecule has 4 saturated carbocycles. The van der Waals surface area contributed by atoms with E-state index in [2.05, 4.69) is 46.0 Å². The fourth-order valence-corrected chi connectivity index (χ4v) is 13.0. The predicted octanol–water partition coefficient (Wildman–Crippen LogP) is 5.37. The maximum Gasteiger partial charge on any atom is 0.248 e. The van der Waals surface area contributed by atoms with Crippen molar-refractivity contribution in [2.24, 2.45) is 50.2 Å². The number of fused-ring (bicyclic) bond motifs is 7. The molecule has 0 saturated heterocycles. The second-order valence-electron chi connectivity index (χ2n) is 19.9. The number of carbonyl (C=O) groups excluding carboxylic acids is 1. The molecule has 0 bridgehead atoms. The summed E-state index contributed by atoms with van der Waals surface area (Å²) in [6.07, 6.45) is 6.45. The summed E-state index contributed by atoms with van der Waals surface area (Å²) < 4.78 is 0. The van der Waals surface area contributed by atoms with Crippen LogP contribution in [0, 0.1) is 50.2 Å². The number of aliphatic hydroxyl groups is 4. The quantitative estimate of drug-likeness (QED) is 0.225. The zero-order valence-electron chi connectivity index (χ0n) is 30.9. The molecule has 1 heterocycles. The van der Waals surface area contributed by atoms with E-state index in [1.807, 2.05) is 41.5 Å². The molecule has 0 aromatic carbocycles. The van der Waals surface area contributed by atoms with Gasteiger partial charge in [0.1, 0.15) is 0 Å². The number of hydrogen-bond acceptors (Lipinski definition) is 7. The summed E-state index contributed by atoms with van der Waals surface area (Å²) in [7, 11) is 0. The molecule has 4 fully saturated rings. The molecular formula is C39H64N2O6. The molecule has 11 atom stereocenters. The van der Waals surface area contributed by atoms with Crippen LogP contribution in [0.25, 0.3) is 0 Å². The Morgan fingerprint density at radius 2 is 1.49 bits per heavy atom. The number of hydroxylamine groups is 2. The predicted molar refractivity (Wildman–Crippen MR) is 182 cm³/mol. The molecule has 0 radical (unpaired) electrons. The van der Waals surface area contributed by atoms with Gasteiger partial charge >= 0.3 is 0 Å². The third kappa shape index (κ3) is 4.43. The van der Waals surface area contributed by atoms with Gasteiger partial charge in [0.2, 0.25) is 5.91 Å². The van der Waals surface area contributed by atoms with Crippen molar-refractivity contribution in [1.29, 1.82) is 0 Å². The molecule has 6 N–H and O–H groups in total. The van der Waals surface area contributed by atoms with Gasteiger partial charge in [-0.25, -0.2) is 0 Å². The maximum absolute atomic E-state index is 13.9. The van der Waals surface area contributed by atoms with Crippen molar-refractivity contribution in [3.63, 3.8) is 0 Å². The summed E-state index contributed by atoms with van der Waals surface area (Å²) in [5.41, 5.74) is -2.23. The lowest BCUT2D eigenvalue weighted by Crippen LogP contribution is -2.72. The largest absolute Gasteiger partial charge is 0.393 e. The number of nitrogens with one attached hydrogen (secondary N) is 1. The summed E-state index contributed by atoms with van der Waals surface area (Å²) >= 11 is 0. The van der Waals surface area contributed by atoms with Gasteiger partial charge in [-0.1, -0.05) is 66.2 Å². The summed E-state index contributed by atoms with van der Waals surface area (Å²) in [4.78, 5) is 13.9. The smallest absolute Gasteiger partial charge is 0.248 e. The van der Waals surface area contributed by atoms with Gasteiger partial charge in [0.25, 0.3) is 0 Å². The van der Waals surface area contributed by atoms with Crippen molar-refractivity contribution in [1.82, 2.24) is 10.4 Å². The van der Waals surface area contributed by atoms with Crippen molar-refractivity contribution < 1.29 is 30.4 Å². The minimum atomic E-state index is -1.24. The van der Waals surface area contributed by atoms with Crippen LogP contribution < -0.4 is 5.32 Å². The van der Waals surface area contributed by atoms with E-state index in [1.165, 1.54) is 10.6 Å². The Morgan fingerprint density at radius 3 is 2.09 bits per heavy atom. The highest BCUT2D eigenvalue weighted by atomic mass is 16.5. The average Bonchev–Trinajstić information content (AvgIpc) is 3.12. The third-order valence-electron chi connectivity index (χ3n) is 16.2. The number of carbonyl (C=O) groups is 1. The zero-order valence-corrected chi connectivity index (χ0v) is 30.9. The van der Waals surface area contributed by atoms with E-state index >= 15 is 0 Å². The molecule has 47 heavy (non-hydrogen) atoms. The van der Waals surface area contributed by atoms with Gasteiger partial charge in [0.05, 0.1) is 35.5 Å². The van der Waals surface area contributed by atoms with Gasteiger partial charge in [-0.05, 0) is 117 Å². The van der Waals surface area contributed by atoms with E-state index in [0.29, 0.717) is 30.3 Å². The average molecular weight is 657 g/mol. The monoisotopic (exact) mass is 656 g/mol. The van der Waals surface area contributed by atoms with Gasteiger partial charge < -0.3 is 31.0 Å². The molecular weight excluding hydrogens is 592 g/mol. The molecule has 8 heteroatoms. The highest BCUT2D eigenvalue weighted by Crippen LogP contribution is 2.75. The molecule has 266 valence electrons. The number of nitrogens with zero attached hydrogens (tertiary/aromatic N) is 1. The third-order valence-corrected chi connectivity index (χ3v) is 16.2. The standard InChI is InChI=1S/C39H64N2O6/c1-32(2)18-23-22-12-13-26-36(9)16-15-27(42)34(5,6)25(36)14-17-37(26,10)38(22,11)20-28(43)39(23,30(45)29(32)44)21-40-31(46)24-19-33(3,4)41(47)35(24,7)8/h12,19,23,25-30,42-45,47H,13-18,20-21H2,1-11H3,(H,40,46)/t23-,25?,26?,27-,28-,29?,30?,36-,37+,38+,39-/m0/s1. The SMILES string of the molecule is CC1(C)C[C@H]2C3=CCC4[C@@]5(C)CC[C@H](O)C(C)(C)C5CC[C@@]4(C)[C@]3(C)C[C@H](O)[C@@]2(CNC(=O)C2=CC(C)(C)N(O)C2(C)C)C(O)C1O. The van der Waals surface area contributed by atoms with E-state index < -0.39 is 40.2 Å². The first kappa shape index (κ1) is 35.5. The molecule has 0 aromatic rings. The number of amides is 1. The maximum atomic E-state index is 13.9. The Balaban J connectivity index is 1.40. The van der Waals surface area contributed by atoms with Crippen LogP contribution in [-0.4, -0.2) is 78.6 Å². The fraction of sp³-hybridized carbons (Fsp3) is 0.872. The van der Waals surface area contributed by atoms with Crippen LogP contribution in [0.15, 0.2) is 23.3 Å². The Morgan fingerprint density at radius 1 is 0.851 bits per heavy atom. The molecule has 4 unspecified atom stereocenters. The van der Waals surface area contributed by atoms with Crippen molar-refractivity contribution in [2.45, 2.75) is 157 Å². The van der Waals surface area contributed by atoms with Gasteiger partial charge in [-0.2, -0.15) is 5.06 Å². The summed E-state index contributed by atoms with van der Waals surface area (Å²) in [6.45, 7) is 23.1. The lowest BCUT2D eigenvalue weighted by Gasteiger charge is -2.72. The van der Waals surface area contributed by atoms with E-state index in [4.69, 9.17) is 0 Å². The number of aliphatic hydroxyl groups excluding tert-OH is 4. The van der Waals surface area contributed by atoms with Crippen LogP contribution in [0.5, 0.6) is 0 Å². The Labute approximate surface area is 283 Å². The minimum absolute atomic E-state index is 0.0185. The second kappa shape index (κ2) is 10.4. The summed E-state index contributed by atoms with van der Waals surface area (Å²) in [6, 6.07) is 0. The van der Waals surface area contributed by atoms with E-state index in [1.54, 1.807) is 6.08 Å². The zero-order chi connectivity index (χ0) is 35.1. The van der Waals surface area contributed by atoms with Gasteiger partial charge in [-0.3, -0.25) is 4.79 Å². The normalized spacial score (nSPS) is 49.4. The molecule has 8 nitrogen and oxygen atoms in total. The lowest BCUT2D eigenvalue weighted by molar-refractivity contribution is -0.247. The van der Waals surface area contributed by atoms with E-state index in [0.717, 1.165) is 32.1 Å². The molecule has 5 aliphatic carbocycles. The number of allylic oxidation sites excluding steroid dienone is 2. The second-order valence-corrected chi connectivity index (χ2v) is 19.9. The Hall–Kier alpha value is -1.29. The van der Waals surface area contributed by atoms with Gasteiger partial charge in [0, 0.05) is 17.5 Å². The topological polar surface area (TPSA) is 133 Å². The van der Waals surface area contributed by atoms with Crippen LogP contribution >= 0.6 is 0 Å². The van der Waals surface area contributed by atoms with Crippen LogP contribution in [0.1, 0.15) is 121 Å². The molecule has 1 aliphatic heterocycles. The highest BCUT2D eigenvalue weighted by molar-refractivity contribution is 5.96. The molecule has 1 amide bonds. The molecule has 6 rings (SSSR count). The number of rotatable bonds is 3. The summed E-state index contributed by atoms with van der Waals surface area (Å²) in [5.74, 6) is 0.229. The van der Waals surface area contributed by atoms with Gasteiger partial charge in [-0.15, -0.1) is 0 Å². The fourth-order valence-electron chi connectivity index (χ4n) is 13.0. The van der Waals surface area contributed by atoms with Crippen LogP contribution in [0.4, 0.5) is 0 Å². The lowest BCUT2D eigenvalue weighted by atomic mass is 9.33. The van der Waals surface area contributed by atoms with Crippen LogP contribution in [0.2, 0.25) is 0 Å². The Kier molecular flexibility index (Phi) is 7.85. The highest BCUT2D eigenvalue weighted by Gasteiger charge is 2.72. The van der Waals surface area contributed by atoms with Crippen LogP contribution in [0.3, 0.4) is 0 Å². The van der Waals surface area contributed by atoms with Crippen molar-refractivity contribution >= 4 is 5.91 Å². The van der Waals surface area contributed by atoms with E-state index in [9.17, 15) is 30.4 Å². The minimum Gasteiger partial charge on any atom is -0.393 e. The first-order valence-corrected chi connectivity index (χ1v) is 18.3. The van der Waals surface area contributed by atoms with Gasteiger partial charge in [0.15, 0.2) is 0 Å². The molecule has 0 aromatic heterocycles.